The number of aryl methyl sites for hydroxylation is 1. The number of fused-ring (bicyclic) bond motifs is 1. The molecule has 1 N–H and O–H groups in total. The lowest BCUT2D eigenvalue weighted by atomic mass is 10.1. The zero-order valence-corrected chi connectivity index (χ0v) is 18.8. The van der Waals surface area contributed by atoms with E-state index in [9.17, 15) is 19.2 Å². The summed E-state index contributed by atoms with van der Waals surface area (Å²) in [6.45, 7) is 1.38. The fraction of sp³-hybridized carbons (Fsp3) is 0.0909. The van der Waals surface area contributed by atoms with Crippen LogP contribution in [0.25, 0.3) is 17.0 Å². The Morgan fingerprint density at radius 3 is 2.69 bits per heavy atom. The standard InChI is InChI=1S/C22H14Cl2N2O5S/c1-11-4-2-3-5-16(11)25-18(27)9-26-21(29)17(32-22(26)30)6-12-10-31-20-14(19(12)28)7-13(23)8-15(20)24/h2-8,10H,9H2,1H3,(H,25,27)/b17-6-. The molecule has 0 radical (unpaired) electrons. The number of thioether (sulfide) groups is 1. The lowest BCUT2D eigenvalue weighted by Gasteiger charge is -2.13. The second-order valence-electron chi connectivity index (χ2n) is 6.92. The molecule has 1 fully saturated rings. The van der Waals surface area contributed by atoms with Gasteiger partial charge < -0.3 is 9.73 Å². The monoisotopic (exact) mass is 488 g/mol. The normalized spacial score (nSPS) is 15.1. The number of hydrogen-bond acceptors (Lipinski definition) is 6. The van der Waals surface area contributed by atoms with Crippen LogP contribution in [0.3, 0.4) is 0 Å². The largest absolute Gasteiger partial charge is 0.462 e. The zero-order chi connectivity index (χ0) is 23.0. The first-order valence-corrected chi connectivity index (χ1v) is 10.8. The van der Waals surface area contributed by atoms with E-state index in [2.05, 4.69) is 5.32 Å². The van der Waals surface area contributed by atoms with Gasteiger partial charge in [-0.25, -0.2) is 0 Å². The number of carbonyl (C=O) groups is 3. The molecule has 0 unspecified atom stereocenters. The molecule has 1 aliphatic rings. The van der Waals surface area contributed by atoms with Crippen LogP contribution in [-0.2, 0) is 9.59 Å². The Bertz CT molecular complexity index is 1380. The van der Waals surface area contributed by atoms with Crippen LogP contribution in [0, 0.1) is 6.92 Å². The van der Waals surface area contributed by atoms with Gasteiger partial charge in [0.15, 0.2) is 11.0 Å². The predicted molar refractivity (Wildman–Crippen MR) is 125 cm³/mol. The van der Waals surface area contributed by atoms with Gasteiger partial charge in [0.2, 0.25) is 5.91 Å². The van der Waals surface area contributed by atoms with Crippen LogP contribution < -0.4 is 10.7 Å². The van der Waals surface area contributed by atoms with Crippen molar-refractivity contribution in [3.63, 3.8) is 0 Å². The quantitative estimate of drug-likeness (QED) is 0.514. The van der Waals surface area contributed by atoms with Gasteiger partial charge >= 0.3 is 0 Å². The molecule has 3 amide bonds. The highest BCUT2D eigenvalue weighted by atomic mass is 35.5. The van der Waals surface area contributed by atoms with Gasteiger partial charge in [-0.3, -0.25) is 24.1 Å². The second kappa shape index (κ2) is 8.82. The lowest BCUT2D eigenvalue weighted by molar-refractivity contribution is -0.127. The third-order valence-electron chi connectivity index (χ3n) is 4.70. The number of hydrogen-bond donors (Lipinski definition) is 1. The fourth-order valence-electron chi connectivity index (χ4n) is 3.10. The number of benzene rings is 2. The molecule has 1 saturated heterocycles. The maximum Gasteiger partial charge on any atom is 0.294 e. The van der Waals surface area contributed by atoms with Gasteiger partial charge in [-0.05, 0) is 48.5 Å². The molecule has 0 spiro atoms. The van der Waals surface area contributed by atoms with Crippen molar-refractivity contribution < 1.29 is 18.8 Å². The Kier molecular flexibility index (Phi) is 6.10. The molecule has 10 heteroatoms. The van der Waals surface area contributed by atoms with Crippen molar-refractivity contribution in [2.24, 2.45) is 0 Å². The third kappa shape index (κ3) is 4.29. The minimum absolute atomic E-state index is 0.00142. The van der Waals surface area contributed by atoms with Crippen LogP contribution in [0.2, 0.25) is 10.0 Å². The van der Waals surface area contributed by atoms with Crippen LogP contribution >= 0.6 is 35.0 Å². The van der Waals surface area contributed by atoms with Crippen LogP contribution in [-0.4, -0.2) is 28.5 Å². The van der Waals surface area contributed by atoms with Gasteiger partial charge in [0.1, 0.15) is 12.8 Å². The molecule has 3 aromatic rings. The van der Waals surface area contributed by atoms with Crippen molar-refractivity contribution in [1.82, 2.24) is 4.90 Å². The highest BCUT2D eigenvalue weighted by Gasteiger charge is 2.36. The van der Waals surface area contributed by atoms with Crippen molar-refractivity contribution in [1.29, 1.82) is 0 Å². The molecule has 0 aliphatic carbocycles. The van der Waals surface area contributed by atoms with Crippen molar-refractivity contribution in [3.8, 4) is 0 Å². The summed E-state index contributed by atoms with van der Waals surface area (Å²) in [7, 11) is 0. The molecule has 0 bridgehead atoms. The number of para-hydroxylation sites is 1. The van der Waals surface area contributed by atoms with Crippen LogP contribution in [0.5, 0.6) is 0 Å². The number of nitrogens with zero attached hydrogens (tertiary/aromatic N) is 1. The second-order valence-corrected chi connectivity index (χ2v) is 8.75. The van der Waals surface area contributed by atoms with E-state index in [-0.39, 0.29) is 31.5 Å². The molecule has 1 aromatic heterocycles. The third-order valence-corrected chi connectivity index (χ3v) is 6.11. The first-order chi connectivity index (χ1) is 15.2. The first kappa shape index (κ1) is 22.1. The van der Waals surface area contributed by atoms with Crippen LogP contribution in [0.15, 0.2) is 56.8 Å². The Hall–Kier alpha value is -3.07. The van der Waals surface area contributed by atoms with Crippen LogP contribution in [0.4, 0.5) is 10.5 Å². The van der Waals surface area contributed by atoms with Gasteiger partial charge in [-0.15, -0.1) is 0 Å². The summed E-state index contributed by atoms with van der Waals surface area (Å²) < 4.78 is 5.43. The summed E-state index contributed by atoms with van der Waals surface area (Å²) in [6.07, 6.45) is 2.41. The predicted octanol–water partition coefficient (Wildman–Crippen LogP) is 5.08. The number of anilines is 1. The number of amides is 3. The highest BCUT2D eigenvalue weighted by Crippen LogP contribution is 2.32. The Balaban J connectivity index is 1.57. The van der Waals surface area contributed by atoms with Gasteiger partial charge in [0.05, 0.1) is 20.9 Å². The molecular weight excluding hydrogens is 475 g/mol. The van der Waals surface area contributed by atoms with Gasteiger partial charge in [0.25, 0.3) is 11.1 Å². The molecular formula is C22H14Cl2N2O5S. The van der Waals surface area contributed by atoms with E-state index in [1.54, 1.807) is 12.1 Å². The summed E-state index contributed by atoms with van der Waals surface area (Å²) in [4.78, 5) is 51.0. The summed E-state index contributed by atoms with van der Waals surface area (Å²) in [5, 5.41) is 2.65. The maximum absolute atomic E-state index is 12.8. The van der Waals surface area contributed by atoms with E-state index in [4.69, 9.17) is 27.6 Å². The molecule has 32 heavy (non-hydrogen) atoms. The molecule has 0 atom stereocenters. The van der Waals surface area contributed by atoms with E-state index in [1.165, 1.54) is 18.2 Å². The van der Waals surface area contributed by atoms with Gasteiger partial charge in [-0.2, -0.15) is 0 Å². The molecule has 2 heterocycles. The van der Waals surface area contributed by atoms with Crippen LogP contribution in [0.1, 0.15) is 11.1 Å². The molecule has 1 aliphatic heterocycles. The maximum atomic E-state index is 12.8. The highest BCUT2D eigenvalue weighted by molar-refractivity contribution is 8.18. The molecule has 0 saturated carbocycles. The molecule has 2 aromatic carbocycles. The number of halogens is 2. The molecule has 7 nitrogen and oxygen atoms in total. The number of imide groups is 1. The molecule has 4 rings (SSSR count). The minimum atomic E-state index is -0.677. The van der Waals surface area contributed by atoms with E-state index < -0.39 is 29.0 Å². The van der Waals surface area contributed by atoms with E-state index in [0.29, 0.717) is 17.4 Å². The summed E-state index contributed by atoms with van der Waals surface area (Å²) in [5.74, 6) is -1.19. The minimum Gasteiger partial charge on any atom is -0.462 e. The van der Waals surface area contributed by atoms with E-state index >= 15 is 0 Å². The fourth-order valence-corrected chi connectivity index (χ4v) is 4.47. The summed E-state index contributed by atoms with van der Waals surface area (Å²) in [5.41, 5.74) is 1.19. The first-order valence-electron chi connectivity index (χ1n) is 9.26. The topological polar surface area (TPSA) is 96.7 Å². The Labute approximate surface area is 196 Å². The van der Waals surface area contributed by atoms with E-state index in [1.807, 2.05) is 19.1 Å². The van der Waals surface area contributed by atoms with Crippen molar-refractivity contribution in [2.75, 3.05) is 11.9 Å². The lowest BCUT2D eigenvalue weighted by Crippen LogP contribution is -2.36. The Morgan fingerprint density at radius 1 is 1.19 bits per heavy atom. The van der Waals surface area contributed by atoms with Crippen molar-refractivity contribution in [2.45, 2.75) is 6.92 Å². The average Bonchev–Trinajstić information content (AvgIpc) is 2.99. The number of nitrogens with one attached hydrogen (secondary N) is 1. The molecule has 162 valence electrons. The zero-order valence-electron chi connectivity index (χ0n) is 16.5. The Morgan fingerprint density at radius 2 is 1.94 bits per heavy atom. The summed E-state index contributed by atoms with van der Waals surface area (Å²) in [6, 6.07) is 10.00. The number of carbonyl (C=O) groups excluding carboxylic acids is 3. The van der Waals surface area contributed by atoms with E-state index in [0.717, 1.165) is 16.7 Å². The number of rotatable bonds is 4. The smallest absolute Gasteiger partial charge is 0.294 e. The van der Waals surface area contributed by atoms with Gasteiger partial charge in [0, 0.05) is 10.7 Å². The summed E-state index contributed by atoms with van der Waals surface area (Å²) >= 11 is 12.7. The van der Waals surface area contributed by atoms with Crippen molar-refractivity contribution in [3.05, 3.63) is 79.0 Å². The van der Waals surface area contributed by atoms with Crippen molar-refractivity contribution >= 4 is 74.7 Å². The SMILES string of the molecule is Cc1ccccc1NC(=O)CN1C(=O)S/C(=C\c2coc3c(Cl)cc(Cl)cc3c2=O)C1=O. The van der Waals surface area contributed by atoms with Gasteiger partial charge in [-0.1, -0.05) is 41.4 Å². The average molecular weight is 489 g/mol.